The van der Waals surface area contributed by atoms with Gasteiger partial charge in [0, 0.05) is 12.1 Å². The molecule has 7 heteroatoms. The molecule has 6 nitrogen and oxygen atoms in total. The summed E-state index contributed by atoms with van der Waals surface area (Å²) in [6.07, 6.45) is 0.811. The van der Waals surface area contributed by atoms with Crippen molar-refractivity contribution in [3.8, 4) is 0 Å². The van der Waals surface area contributed by atoms with Crippen LogP contribution in [-0.4, -0.2) is 42.4 Å². The van der Waals surface area contributed by atoms with Crippen molar-refractivity contribution in [2.75, 3.05) is 20.6 Å². The Morgan fingerprint density at radius 3 is 2.70 bits per heavy atom. The van der Waals surface area contributed by atoms with Crippen molar-refractivity contribution in [3.63, 3.8) is 0 Å². The molecular formula is C13H18BrN3O3. The number of hydrogen-bond donors (Lipinski definition) is 1. The van der Waals surface area contributed by atoms with E-state index in [4.69, 9.17) is 0 Å². The van der Waals surface area contributed by atoms with Crippen molar-refractivity contribution in [2.45, 2.75) is 19.4 Å². The first-order valence-electron chi connectivity index (χ1n) is 6.21. The zero-order chi connectivity index (χ0) is 15.3. The first-order chi connectivity index (χ1) is 9.32. The van der Waals surface area contributed by atoms with E-state index in [2.05, 4.69) is 21.2 Å². The maximum atomic E-state index is 12.1. The highest BCUT2D eigenvalue weighted by Crippen LogP contribution is 2.28. The second kappa shape index (κ2) is 7.35. The molecule has 1 rings (SSSR count). The van der Waals surface area contributed by atoms with Gasteiger partial charge in [-0.2, -0.15) is 0 Å². The number of nitrogens with zero attached hydrogens (tertiary/aromatic N) is 2. The molecule has 1 aromatic carbocycles. The zero-order valence-corrected chi connectivity index (χ0v) is 13.3. The summed E-state index contributed by atoms with van der Waals surface area (Å²) in [6.45, 7) is 2.77. The Hall–Kier alpha value is -1.47. The van der Waals surface area contributed by atoms with E-state index in [-0.39, 0.29) is 27.7 Å². The van der Waals surface area contributed by atoms with Gasteiger partial charge in [0.15, 0.2) is 0 Å². The standard InChI is InChI=1S/C13H18BrN3O3/c1-9(7-8-16(2)3)15-13(18)10-5-4-6-11(12(10)14)17(19)20/h4-6,9H,7-8H2,1-3H3,(H,15,18). The van der Waals surface area contributed by atoms with E-state index in [1.807, 2.05) is 25.9 Å². The van der Waals surface area contributed by atoms with Crippen LogP contribution in [0.4, 0.5) is 5.69 Å². The van der Waals surface area contributed by atoms with Crippen LogP contribution in [0.2, 0.25) is 0 Å². The van der Waals surface area contributed by atoms with Crippen LogP contribution in [0.5, 0.6) is 0 Å². The average Bonchev–Trinajstić information content (AvgIpc) is 2.36. The molecule has 0 aliphatic carbocycles. The van der Waals surface area contributed by atoms with E-state index >= 15 is 0 Å². The van der Waals surface area contributed by atoms with Gasteiger partial charge in [-0.15, -0.1) is 0 Å². The maximum absolute atomic E-state index is 12.1. The molecule has 1 unspecified atom stereocenters. The molecular weight excluding hydrogens is 326 g/mol. The minimum absolute atomic E-state index is 0.00365. The quantitative estimate of drug-likeness (QED) is 0.635. The largest absolute Gasteiger partial charge is 0.349 e. The second-order valence-corrected chi connectivity index (χ2v) is 5.66. The van der Waals surface area contributed by atoms with E-state index in [0.29, 0.717) is 0 Å². The lowest BCUT2D eigenvalue weighted by molar-refractivity contribution is -0.385. The Morgan fingerprint density at radius 1 is 1.50 bits per heavy atom. The molecule has 0 saturated carbocycles. The number of nitro groups is 1. The number of nitrogens with one attached hydrogen (secondary N) is 1. The van der Waals surface area contributed by atoms with E-state index in [9.17, 15) is 14.9 Å². The Morgan fingerprint density at radius 2 is 2.15 bits per heavy atom. The monoisotopic (exact) mass is 343 g/mol. The van der Waals surface area contributed by atoms with Crippen molar-refractivity contribution in [1.29, 1.82) is 0 Å². The molecule has 1 amide bonds. The third kappa shape index (κ3) is 4.57. The fraction of sp³-hybridized carbons (Fsp3) is 0.462. The SMILES string of the molecule is CC(CCN(C)C)NC(=O)c1cccc([N+](=O)[O-])c1Br. The lowest BCUT2D eigenvalue weighted by atomic mass is 10.1. The predicted octanol–water partition coefficient (Wildman–Crippen LogP) is 2.43. The third-order valence-electron chi connectivity index (χ3n) is 2.81. The fourth-order valence-electron chi connectivity index (χ4n) is 1.66. The molecule has 20 heavy (non-hydrogen) atoms. The summed E-state index contributed by atoms with van der Waals surface area (Å²) in [5.41, 5.74) is 0.162. The van der Waals surface area contributed by atoms with Gasteiger partial charge in [-0.3, -0.25) is 14.9 Å². The van der Waals surface area contributed by atoms with Gasteiger partial charge in [0.05, 0.1) is 10.5 Å². The number of amides is 1. The highest BCUT2D eigenvalue weighted by molar-refractivity contribution is 9.10. The topological polar surface area (TPSA) is 75.5 Å². The van der Waals surface area contributed by atoms with Crippen molar-refractivity contribution < 1.29 is 9.72 Å². The second-order valence-electron chi connectivity index (χ2n) is 4.86. The lowest BCUT2D eigenvalue weighted by Crippen LogP contribution is -2.35. The average molecular weight is 344 g/mol. The van der Waals surface area contributed by atoms with Gasteiger partial charge < -0.3 is 10.2 Å². The highest BCUT2D eigenvalue weighted by atomic mass is 79.9. The van der Waals surface area contributed by atoms with Crippen LogP contribution >= 0.6 is 15.9 Å². The van der Waals surface area contributed by atoms with Crippen LogP contribution in [-0.2, 0) is 0 Å². The van der Waals surface area contributed by atoms with Crippen molar-refractivity contribution in [2.24, 2.45) is 0 Å². The van der Waals surface area contributed by atoms with Gasteiger partial charge in [-0.1, -0.05) is 6.07 Å². The van der Waals surface area contributed by atoms with Crippen molar-refractivity contribution in [1.82, 2.24) is 10.2 Å². The lowest BCUT2D eigenvalue weighted by Gasteiger charge is -2.17. The van der Waals surface area contributed by atoms with Gasteiger partial charge in [0.25, 0.3) is 11.6 Å². The molecule has 0 saturated heterocycles. The third-order valence-corrected chi connectivity index (χ3v) is 3.64. The highest BCUT2D eigenvalue weighted by Gasteiger charge is 2.20. The van der Waals surface area contributed by atoms with Crippen LogP contribution in [0.1, 0.15) is 23.7 Å². The zero-order valence-electron chi connectivity index (χ0n) is 11.7. The molecule has 0 radical (unpaired) electrons. The first-order valence-corrected chi connectivity index (χ1v) is 7.00. The molecule has 0 aliphatic rings. The smallest absolute Gasteiger partial charge is 0.284 e. The Kier molecular flexibility index (Phi) is 6.09. The summed E-state index contributed by atoms with van der Waals surface area (Å²) >= 11 is 3.12. The summed E-state index contributed by atoms with van der Waals surface area (Å²) in [6, 6.07) is 4.42. The summed E-state index contributed by atoms with van der Waals surface area (Å²) in [7, 11) is 3.93. The number of nitro benzene ring substituents is 1. The van der Waals surface area contributed by atoms with Crippen LogP contribution in [0.15, 0.2) is 22.7 Å². The molecule has 0 aromatic heterocycles. The normalized spacial score (nSPS) is 12.2. The van der Waals surface area contributed by atoms with Crippen LogP contribution < -0.4 is 5.32 Å². The fourth-order valence-corrected chi connectivity index (χ4v) is 2.25. The van der Waals surface area contributed by atoms with E-state index in [1.54, 1.807) is 6.07 Å². The molecule has 1 atom stereocenters. The van der Waals surface area contributed by atoms with Crippen LogP contribution in [0.25, 0.3) is 0 Å². The number of carbonyl (C=O) groups is 1. The molecule has 0 fully saturated rings. The van der Waals surface area contributed by atoms with Crippen molar-refractivity contribution in [3.05, 3.63) is 38.3 Å². The Bertz CT molecular complexity index is 506. The van der Waals surface area contributed by atoms with Crippen LogP contribution in [0, 0.1) is 10.1 Å². The predicted molar refractivity (Wildman–Crippen MR) is 80.9 cm³/mol. The van der Waals surface area contributed by atoms with E-state index < -0.39 is 4.92 Å². The van der Waals surface area contributed by atoms with Gasteiger partial charge in [0.2, 0.25) is 0 Å². The van der Waals surface area contributed by atoms with Gasteiger partial charge >= 0.3 is 0 Å². The van der Waals surface area contributed by atoms with Gasteiger partial charge in [-0.05, 0) is 56.0 Å². The summed E-state index contributed by atoms with van der Waals surface area (Å²) in [4.78, 5) is 24.5. The van der Waals surface area contributed by atoms with Gasteiger partial charge in [0.1, 0.15) is 4.47 Å². The number of benzene rings is 1. The molecule has 0 spiro atoms. The van der Waals surface area contributed by atoms with E-state index in [0.717, 1.165) is 13.0 Å². The molecule has 110 valence electrons. The summed E-state index contributed by atoms with van der Waals surface area (Å²) in [5, 5.41) is 13.7. The van der Waals surface area contributed by atoms with E-state index in [1.165, 1.54) is 12.1 Å². The molecule has 0 heterocycles. The minimum Gasteiger partial charge on any atom is -0.349 e. The summed E-state index contributed by atoms with van der Waals surface area (Å²) in [5.74, 6) is -0.313. The molecule has 1 N–H and O–H groups in total. The van der Waals surface area contributed by atoms with Crippen LogP contribution in [0.3, 0.4) is 0 Å². The maximum Gasteiger partial charge on any atom is 0.284 e. The molecule has 1 aromatic rings. The van der Waals surface area contributed by atoms with Crippen molar-refractivity contribution >= 4 is 27.5 Å². The Labute approximate surface area is 126 Å². The summed E-state index contributed by atoms with van der Waals surface area (Å²) < 4.78 is 0.210. The molecule has 0 bridgehead atoms. The first kappa shape index (κ1) is 16.6. The number of carbonyl (C=O) groups excluding carboxylic acids is 1. The number of rotatable bonds is 6. The minimum atomic E-state index is -0.518. The Balaban J connectivity index is 2.78. The number of hydrogen-bond acceptors (Lipinski definition) is 4. The molecule has 0 aliphatic heterocycles. The number of halogens is 1. The van der Waals surface area contributed by atoms with Gasteiger partial charge in [-0.25, -0.2) is 0 Å².